The van der Waals surface area contributed by atoms with Gasteiger partial charge in [-0.1, -0.05) is 71.4 Å². The molecule has 0 bridgehead atoms. The average molecular weight is 413 g/mol. The van der Waals surface area contributed by atoms with Crippen molar-refractivity contribution in [1.29, 1.82) is 0 Å². The van der Waals surface area contributed by atoms with Gasteiger partial charge in [-0.15, -0.1) is 0 Å². The van der Waals surface area contributed by atoms with E-state index in [-0.39, 0.29) is 0 Å². The number of hydrogen-bond donors (Lipinski definition) is 0. The minimum atomic E-state index is 0.586. The lowest BCUT2D eigenvalue weighted by Crippen LogP contribution is -2.12. The minimum Gasteiger partial charge on any atom is -0.338 e. The fourth-order valence-electron chi connectivity index (χ4n) is 3.32. The SMILES string of the molecule is CN(c1cc(-c2ccc(Cl)cc2)no1)c1nc(-c2ccccc2)nc2ccccc12. The van der Waals surface area contributed by atoms with Crippen molar-refractivity contribution in [3.05, 3.63) is 90.0 Å². The molecule has 0 radical (unpaired) electrons. The van der Waals surface area contributed by atoms with Crippen LogP contribution in [0.3, 0.4) is 0 Å². The van der Waals surface area contributed by atoms with Gasteiger partial charge in [0, 0.05) is 34.6 Å². The van der Waals surface area contributed by atoms with Gasteiger partial charge in [-0.25, -0.2) is 9.97 Å². The molecule has 2 aromatic heterocycles. The summed E-state index contributed by atoms with van der Waals surface area (Å²) in [6.45, 7) is 0. The van der Waals surface area contributed by atoms with E-state index in [2.05, 4.69) is 5.16 Å². The van der Waals surface area contributed by atoms with Crippen molar-refractivity contribution in [3.8, 4) is 22.6 Å². The lowest BCUT2D eigenvalue weighted by Gasteiger charge is -2.17. The highest BCUT2D eigenvalue weighted by molar-refractivity contribution is 6.30. The van der Waals surface area contributed by atoms with E-state index < -0.39 is 0 Å². The monoisotopic (exact) mass is 412 g/mol. The topological polar surface area (TPSA) is 55.1 Å². The second-order valence-corrected chi connectivity index (χ2v) is 7.31. The molecule has 0 aliphatic carbocycles. The van der Waals surface area contributed by atoms with Gasteiger partial charge in [0.15, 0.2) is 5.82 Å². The third-order valence-corrected chi connectivity index (χ3v) is 5.15. The Hall–Kier alpha value is -3.70. The van der Waals surface area contributed by atoms with Crippen molar-refractivity contribution in [3.63, 3.8) is 0 Å². The van der Waals surface area contributed by atoms with Gasteiger partial charge in [-0.2, -0.15) is 0 Å². The molecule has 30 heavy (non-hydrogen) atoms. The van der Waals surface area contributed by atoms with Gasteiger partial charge in [0.05, 0.1) is 5.52 Å². The third kappa shape index (κ3) is 3.40. The van der Waals surface area contributed by atoms with Gasteiger partial charge in [-0.05, 0) is 24.3 Å². The van der Waals surface area contributed by atoms with Crippen LogP contribution in [0.15, 0.2) is 89.5 Å². The van der Waals surface area contributed by atoms with E-state index in [1.165, 1.54) is 0 Å². The molecule has 6 heteroatoms. The molecule has 3 aromatic carbocycles. The molecule has 2 heterocycles. The Labute approximate surface area is 178 Å². The number of halogens is 1. The van der Waals surface area contributed by atoms with Crippen molar-refractivity contribution in [2.45, 2.75) is 0 Å². The second kappa shape index (κ2) is 7.61. The van der Waals surface area contributed by atoms with Crippen LogP contribution in [0.2, 0.25) is 5.02 Å². The summed E-state index contributed by atoms with van der Waals surface area (Å²) in [6, 6.07) is 27.3. The molecule has 0 N–H and O–H groups in total. The molecule has 0 aliphatic rings. The summed E-state index contributed by atoms with van der Waals surface area (Å²) in [5.74, 6) is 2.00. The quantitative estimate of drug-likeness (QED) is 0.343. The second-order valence-electron chi connectivity index (χ2n) is 6.87. The lowest BCUT2D eigenvalue weighted by atomic mass is 10.1. The fourth-order valence-corrected chi connectivity index (χ4v) is 3.44. The molecule has 5 nitrogen and oxygen atoms in total. The molecule has 5 rings (SSSR count). The summed E-state index contributed by atoms with van der Waals surface area (Å²) in [6.07, 6.45) is 0. The van der Waals surface area contributed by atoms with Crippen molar-refractivity contribution < 1.29 is 4.52 Å². The predicted octanol–water partition coefficient (Wildman–Crippen LogP) is 6.37. The number of benzene rings is 3. The van der Waals surface area contributed by atoms with Gasteiger partial charge in [0.2, 0.25) is 5.88 Å². The minimum absolute atomic E-state index is 0.586. The van der Waals surface area contributed by atoms with Crippen molar-refractivity contribution in [2.24, 2.45) is 0 Å². The first kappa shape index (κ1) is 18.3. The summed E-state index contributed by atoms with van der Waals surface area (Å²) >= 11 is 5.99. The Bertz CT molecular complexity index is 1320. The zero-order chi connectivity index (χ0) is 20.5. The molecule has 0 aliphatic heterocycles. The zero-order valence-electron chi connectivity index (χ0n) is 16.2. The van der Waals surface area contributed by atoms with Crippen LogP contribution in [0.25, 0.3) is 33.5 Å². The van der Waals surface area contributed by atoms with Crippen molar-refractivity contribution in [2.75, 3.05) is 11.9 Å². The maximum Gasteiger partial charge on any atom is 0.233 e. The number of nitrogens with zero attached hydrogens (tertiary/aromatic N) is 4. The van der Waals surface area contributed by atoms with Crippen LogP contribution in [0.1, 0.15) is 0 Å². The van der Waals surface area contributed by atoms with Crippen molar-refractivity contribution in [1.82, 2.24) is 15.1 Å². The molecule has 0 saturated carbocycles. The van der Waals surface area contributed by atoms with E-state index in [9.17, 15) is 0 Å². The van der Waals surface area contributed by atoms with Crippen LogP contribution in [-0.2, 0) is 0 Å². The molecule has 0 unspecified atom stereocenters. The molecule has 5 aromatic rings. The Morgan fingerprint density at radius 2 is 1.53 bits per heavy atom. The number of para-hydroxylation sites is 1. The maximum atomic E-state index is 5.99. The smallest absolute Gasteiger partial charge is 0.233 e. The van der Waals surface area contributed by atoms with E-state index in [0.29, 0.717) is 16.7 Å². The van der Waals surface area contributed by atoms with Crippen LogP contribution in [0.5, 0.6) is 0 Å². The largest absolute Gasteiger partial charge is 0.338 e. The first-order chi connectivity index (χ1) is 14.7. The van der Waals surface area contributed by atoms with Gasteiger partial charge >= 0.3 is 0 Å². The highest BCUT2D eigenvalue weighted by Crippen LogP contribution is 2.33. The first-order valence-electron chi connectivity index (χ1n) is 9.47. The number of aromatic nitrogens is 3. The fraction of sp³-hybridized carbons (Fsp3) is 0.0417. The van der Waals surface area contributed by atoms with Crippen LogP contribution in [0.4, 0.5) is 11.7 Å². The van der Waals surface area contributed by atoms with E-state index in [1.807, 2.05) is 96.9 Å². The Morgan fingerprint density at radius 1 is 0.800 bits per heavy atom. The normalized spacial score (nSPS) is 11.0. The highest BCUT2D eigenvalue weighted by Gasteiger charge is 2.18. The number of rotatable bonds is 4. The molecule has 0 fully saturated rings. The number of hydrogen-bond acceptors (Lipinski definition) is 5. The zero-order valence-corrected chi connectivity index (χ0v) is 16.9. The van der Waals surface area contributed by atoms with E-state index in [4.69, 9.17) is 26.1 Å². The highest BCUT2D eigenvalue weighted by atomic mass is 35.5. The average Bonchev–Trinajstić information content (AvgIpc) is 3.29. The molecule has 0 atom stereocenters. The van der Waals surface area contributed by atoms with E-state index >= 15 is 0 Å². The molecule has 0 saturated heterocycles. The third-order valence-electron chi connectivity index (χ3n) is 4.90. The van der Waals surface area contributed by atoms with E-state index in [0.717, 1.165) is 33.5 Å². The van der Waals surface area contributed by atoms with Gasteiger partial charge in [0.25, 0.3) is 0 Å². The van der Waals surface area contributed by atoms with Crippen LogP contribution < -0.4 is 4.90 Å². The summed E-state index contributed by atoms with van der Waals surface area (Å²) < 4.78 is 5.64. The predicted molar refractivity (Wildman–Crippen MR) is 120 cm³/mol. The molecular weight excluding hydrogens is 396 g/mol. The molecule has 146 valence electrons. The summed E-state index contributed by atoms with van der Waals surface area (Å²) in [7, 11) is 1.91. The number of anilines is 2. The Balaban J connectivity index is 1.59. The Kier molecular flexibility index (Phi) is 4.65. The van der Waals surface area contributed by atoms with Gasteiger partial charge in [-0.3, -0.25) is 4.90 Å². The van der Waals surface area contributed by atoms with Crippen molar-refractivity contribution >= 4 is 34.2 Å². The van der Waals surface area contributed by atoms with E-state index in [1.54, 1.807) is 0 Å². The molecule has 0 amide bonds. The van der Waals surface area contributed by atoms with Gasteiger partial charge in [0.1, 0.15) is 11.5 Å². The van der Waals surface area contributed by atoms with Crippen LogP contribution in [-0.4, -0.2) is 22.2 Å². The maximum absolute atomic E-state index is 5.99. The van der Waals surface area contributed by atoms with Crippen LogP contribution in [0, 0.1) is 0 Å². The molecular formula is C24H17ClN4O. The summed E-state index contributed by atoms with van der Waals surface area (Å²) in [5, 5.41) is 5.84. The molecule has 0 spiro atoms. The van der Waals surface area contributed by atoms with Crippen LogP contribution >= 0.6 is 11.6 Å². The first-order valence-corrected chi connectivity index (χ1v) is 9.85. The van der Waals surface area contributed by atoms with Gasteiger partial charge < -0.3 is 4.52 Å². The Morgan fingerprint density at radius 3 is 2.33 bits per heavy atom. The standard InChI is InChI=1S/C24H17ClN4O/c1-29(22-15-21(28-30-22)16-11-13-18(25)14-12-16)24-19-9-5-6-10-20(19)26-23(27-24)17-7-3-2-4-8-17/h2-15H,1H3. The summed E-state index contributed by atoms with van der Waals surface area (Å²) in [5.41, 5.74) is 3.48. The number of fused-ring (bicyclic) bond motifs is 1. The lowest BCUT2D eigenvalue weighted by molar-refractivity contribution is 0.428. The summed E-state index contributed by atoms with van der Waals surface area (Å²) in [4.78, 5) is 11.5.